The van der Waals surface area contributed by atoms with Crippen LogP contribution in [0.25, 0.3) is 0 Å². The highest BCUT2D eigenvalue weighted by molar-refractivity contribution is 5.67. The highest BCUT2D eigenvalue weighted by atomic mass is 16.6. The van der Waals surface area contributed by atoms with Gasteiger partial charge >= 0.3 is 6.09 Å². The van der Waals surface area contributed by atoms with Crippen LogP contribution in [0.2, 0.25) is 0 Å². The molecular formula is C20H34N2O3. The SMILES string of the molecule is CCOc1ccc(CNC(CC)(CC)CNC(=O)OC(C)(C)C)cc1. The number of amides is 1. The van der Waals surface area contributed by atoms with Crippen LogP contribution in [0.3, 0.4) is 0 Å². The van der Waals surface area contributed by atoms with E-state index in [1.807, 2.05) is 39.8 Å². The van der Waals surface area contributed by atoms with Crippen LogP contribution in [0.4, 0.5) is 4.79 Å². The molecule has 0 unspecified atom stereocenters. The number of hydrogen-bond donors (Lipinski definition) is 2. The Morgan fingerprint density at radius 2 is 1.64 bits per heavy atom. The predicted octanol–water partition coefficient (Wildman–Crippen LogP) is 4.26. The molecule has 0 atom stereocenters. The average molecular weight is 351 g/mol. The van der Waals surface area contributed by atoms with Crippen molar-refractivity contribution in [2.24, 2.45) is 0 Å². The van der Waals surface area contributed by atoms with Gasteiger partial charge in [0.25, 0.3) is 0 Å². The van der Waals surface area contributed by atoms with Crippen molar-refractivity contribution in [1.82, 2.24) is 10.6 Å². The lowest BCUT2D eigenvalue weighted by Gasteiger charge is -2.34. The van der Waals surface area contributed by atoms with Gasteiger partial charge in [-0.2, -0.15) is 0 Å². The van der Waals surface area contributed by atoms with Gasteiger partial charge in [0.05, 0.1) is 6.61 Å². The zero-order valence-electron chi connectivity index (χ0n) is 16.6. The fourth-order valence-electron chi connectivity index (χ4n) is 2.53. The lowest BCUT2D eigenvalue weighted by molar-refractivity contribution is 0.0507. The Labute approximate surface area is 152 Å². The van der Waals surface area contributed by atoms with Crippen molar-refractivity contribution in [2.75, 3.05) is 13.2 Å². The summed E-state index contributed by atoms with van der Waals surface area (Å²) >= 11 is 0. The first kappa shape index (κ1) is 21.3. The first-order valence-corrected chi connectivity index (χ1v) is 9.17. The molecule has 0 saturated carbocycles. The molecule has 2 N–H and O–H groups in total. The van der Waals surface area contributed by atoms with E-state index in [1.165, 1.54) is 5.56 Å². The smallest absolute Gasteiger partial charge is 0.407 e. The molecule has 142 valence electrons. The molecule has 1 aromatic rings. The van der Waals surface area contributed by atoms with Crippen LogP contribution in [-0.4, -0.2) is 30.4 Å². The number of benzene rings is 1. The minimum atomic E-state index is -0.485. The third kappa shape index (κ3) is 7.78. The largest absolute Gasteiger partial charge is 0.494 e. The van der Waals surface area contributed by atoms with Crippen LogP contribution in [0.15, 0.2) is 24.3 Å². The molecule has 0 bridgehead atoms. The van der Waals surface area contributed by atoms with Crippen LogP contribution in [-0.2, 0) is 11.3 Å². The molecule has 0 aliphatic carbocycles. The van der Waals surface area contributed by atoms with Gasteiger partial charge in [0.2, 0.25) is 0 Å². The normalized spacial score (nSPS) is 11.9. The van der Waals surface area contributed by atoms with Crippen molar-refractivity contribution in [3.63, 3.8) is 0 Å². The van der Waals surface area contributed by atoms with E-state index in [9.17, 15) is 4.79 Å². The fraction of sp³-hybridized carbons (Fsp3) is 0.650. The number of alkyl carbamates (subject to hydrolysis) is 1. The number of nitrogens with one attached hydrogen (secondary N) is 2. The van der Waals surface area contributed by atoms with Gasteiger partial charge < -0.3 is 20.1 Å². The topological polar surface area (TPSA) is 59.6 Å². The Kier molecular flexibility index (Phi) is 8.23. The maximum Gasteiger partial charge on any atom is 0.407 e. The van der Waals surface area contributed by atoms with E-state index < -0.39 is 5.60 Å². The van der Waals surface area contributed by atoms with Gasteiger partial charge in [-0.25, -0.2) is 4.79 Å². The van der Waals surface area contributed by atoms with Gasteiger partial charge in [0.15, 0.2) is 0 Å². The van der Waals surface area contributed by atoms with Crippen LogP contribution < -0.4 is 15.4 Å². The quantitative estimate of drug-likeness (QED) is 0.699. The molecular weight excluding hydrogens is 316 g/mol. The summed E-state index contributed by atoms with van der Waals surface area (Å²) < 4.78 is 10.8. The van der Waals surface area contributed by atoms with Crippen LogP contribution in [0, 0.1) is 0 Å². The van der Waals surface area contributed by atoms with Gasteiger partial charge in [-0.15, -0.1) is 0 Å². The summed E-state index contributed by atoms with van der Waals surface area (Å²) in [6.45, 7) is 13.8. The van der Waals surface area contributed by atoms with E-state index in [0.717, 1.165) is 25.1 Å². The van der Waals surface area contributed by atoms with E-state index in [0.29, 0.717) is 13.2 Å². The Morgan fingerprint density at radius 3 is 2.12 bits per heavy atom. The van der Waals surface area contributed by atoms with Crippen LogP contribution in [0.1, 0.15) is 59.9 Å². The second kappa shape index (κ2) is 9.66. The monoisotopic (exact) mass is 350 g/mol. The number of hydrogen-bond acceptors (Lipinski definition) is 4. The third-order valence-corrected chi connectivity index (χ3v) is 4.23. The molecule has 0 fully saturated rings. The maximum atomic E-state index is 11.9. The zero-order valence-corrected chi connectivity index (χ0v) is 16.6. The Morgan fingerprint density at radius 1 is 1.04 bits per heavy atom. The molecule has 0 aromatic heterocycles. The van der Waals surface area contributed by atoms with Crippen LogP contribution in [0.5, 0.6) is 5.75 Å². The standard InChI is InChI=1S/C20H34N2O3/c1-7-20(8-2,15-21-18(23)25-19(4,5)6)22-14-16-10-12-17(13-11-16)24-9-3/h10-13,22H,7-9,14-15H2,1-6H3,(H,21,23). The summed E-state index contributed by atoms with van der Waals surface area (Å²) in [5, 5.41) is 6.51. The fourth-order valence-corrected chi connectivity index (χ4v) is 2.53. The van der Waals surface area contributed by atoms with E-state index in [2.05, 4.69) is 36.6 Å². The van der Waals surface area contributed by atoms with Gasteiger partial charge in [-0.05, 0) is 58.2 Å². The summed E-state index contributed by atoms with van der Waals surface area (Å²) in [7, 11) is 0. The first-order valence-electron chi connectivity index (χ1n) is 9.17. The Bertz CT molecular complexity index is 517. The summed E-state index contributed by atoms with van der Waals surface area (Å²) in [5.74, 6) is 0.884. The highest BCUT2D eigenvalue weighted by Gasteiger charge is 2.27. The van der Waals surface area contributed by atoms with Crippen molar-refractivity contribution in [3.05, 3.63) is 29.8 Å². The minimum absolute atomic E-state index is 0.157. The maximum absolute atomic E-state index is 11.9. The molecule has 1 amide bonds. The Hall–Kier alpha value is -1.75. The second-order valence-electron chi connectivity index (χ2n) is 7.27. The van der Waals surface area contributed by atoms with Crippen molar-refractivity contribution in [1.29, 1.82) is 0 Å². The minimum Gasteiger partial charge on any atom is -0.494 e. The third-order valence-electron chi connectivity index (χ3n) is 4.23. The van der Waals surface area contributed by atoms with Gasteiger partial charge in [-0.1, -0.05) is 26.0 Å². The van der Waals surface area contributed by atoms with Crippen molar-refractivity contribution >= 4 is 6.09 Å². The number of ether oxygens (including phenoxy) is 2. The second-order valence-corrected chi connectivity index (χ2v) is 7.27. The first-order chi connectivity index (χ1) is 11.7. The van der Waals surface area contributed by atoms with Gasteiger partial charge in [0.1, 0.15) is 11.4 Å². The van der Waals surface area contributed by atoms with Crippen molar-refractivity contribution < 1.29 is 14.3 Å². The number of carbonyl (C=O) groups excluding carboxylic acids is 1. The molecule has 0 heterocycles. The highest BCUT2D eigenvalue weighted by Crippen LogP contribution is 2.17. The lowest BCUT2D eigenvalue weighted by atomic mass is 9.92. The van der Waals surface area contributed by atoms with Crippen molar-refractivity contribution in [2.45, 2.75) is 72.1 Å². The molecule has 1 rings (SSSR count). The van der Waals surface area contributed by atoms with E-state index >= 15 is 0 Å². The molecule has 0 radical (unpaired) electrons. The van der Waals surface area contributed by atoms with Gasteiger partial charge in [-0.3, -0.25) is 0 Å². The van der Waals surface area contributed by atoms with Gasteiger partial charge in [0, 0.05) is 18.6 Å². The molecule has 5 nitrogen and oxygen atoms in total. The number of carbonyl (C=O) groups is 1. The summed E-state index contributed by atoms with van der Waals surface area (Å²) in [5.41, 5.74) is 0.545. The van der Waals surface area contributed by atoms with E-state index in [4.69, 9.17) is 9.47 Å². The predicted molar refractivity (Wildman–Crippen MR) is 102 cm³/mol. The molecule has 5 heteroatoms. The summed E-state index contributed by atoms with van der Waals surface area (Å²) in [6, 6.07) is 8.10. The zero-order chi connectivity index (χ0) is 18.9. The molecule has 0 aliphatic rings. The molecule has 25 heavy (non-hydrogen) atoms. The van der Waals surface area contributed by atoms with E-state index in [1.54, 1.807) is 0 Å². The number of rotatable bonds is 9. The van der Waals surface area contributed by atoms with Crippen molar-refractivity contribution in [3.8, 4) is 5.75 Å². The molecule has 0 saturated heterocycles. The summed E-state index contributed by atoms with van der Waals surface area (Å²) in [4.78, 5) is 11.9. The average Bonchev–Trinajstić information content (AvgIpc) is 2.56. The Balaban J connectivity index is 2.60. The molecule has 0 spiro atoms. The lowest BCUT2D eigenvalue weighted by Crippen LogP contribution is -2.53. The summed E-state index contributed by atoms with van der Waals surface area (Å²) in [6.07, 6.45) is 1.45. The van der Waals surface area contributed by atoms with E-state index in [-0.39, 0.29) is 11.6 Å². The molecule has 1 aromatic carbocycles. The van der Waals surface area contributed by atoms with Crippen LogP contribution >= 0.6 is 0 Å². The molecule has 0 aliphatic heterocycles.